The number of anilines is 1. The van der Waals surface area contributed by atoms with Gasteiger partial charge in [-0.2, -0.15) is 5.10 Å². The van der Waals surface area contributed by atoms with Crippen LogP contribution in [0.2, 0.25) is 0 Å². The first-order valence-electron chi connectivity index (χ1n) is 6.55. The summed E-state index contributed by atoms with van der Waals surface area (Å²) in [6, 6.07) is 18.7. The SMILES string of the molecule is C1=Cc2ccccc2NN=C1CCc1ccccc1. The number of allylic oxidation sites excluding steroid dienone is 1. The molecule has 0 aliphatic carbocycles. The third-order valence-electron chi connectivity index (χ3n) is 3.25. The lowest BCUT2D eigenvalue weighted by Crippen LogP contribution is -1.99. The fourth-order valence-electron chi connectivity index (χ4n) is 2.16. The number of para-hydroxylation sites is 1. The zero-order valence-electron chi connectivity index (χ0n) is 10.7. The molecular formula is C17H16N2. The highest BCUT2D eigenvalue weighted by Gasteiger charge is 2.04. The van der Waals surface area contributed by atoms with Gasteiger partial charge in [0.05, 0.1) is 11.4 Å². The quantitative estimate of drug-likeness (QED) is 0.868. The molecule has 1 aliphatic heterocycles. The molecule has 1 heterocycles. The molecule has 0 amide bonds. The number of aryl methyl sites for hydroxylation is 1. The normalized spacial score (nSPS) is 13.2. The van der Waals surface area contributed by atoms with Crippen molar-refractivity contribution in [3.8, 4) is 0 Å². The monoisotopic (exact) mass is 248 g/mol. The van der Waals surface area contributed by atoms with Crippen molar-refractivity contribution in [2.75, 3.05) is 5.43 Å². The Labute approximate surface area is 113 Å². The van der Waals surface area contributed by atoms with Crippen molar-refractivity contribution in [2.45, 2.75) is 12.8 Å². The van der Waals surface area contributed by atoms with E-state index in [1.807, 2.05) is 24.3 Å². The predicted molar refractivity (Wildman–Crippen MR) is 81.3 cm³/mol. The van der Waals surface area contributed by atoms with Crippen molar-refractivity contribution in [3.05, 3.63) is 71.8 Å². The number of hydrogen-bond acceptors (Lipinski definition) is 2. The first kappa shape index (κ1) is 11.7. The standard InChI is InChI=1S/C17H16N2/c1-2-6-14(7-3-1)10-12-16-13-11-15-8-4-5-9-17(15)19-18-16/h1-9,11,13,19H,10,12H2. The summed E-state index contributed by atoms with van der Waals surface area (Å²) < 4.78 is 0. The number of nitrogens with one attached hydrogen (secondary N) is 1. The highest BCUT2D eigenvalue weighted by atomic mass is 15.3. The number of nitrogens with zero attached hydrogens (tertiary/aromatic N) is 1. The van der Waals surface area contributed by atoms with E-state index in [1.54, 1.807) is 0 Å². The van der Waals surface area contributed by atoms with Crippen LogP contribution in [0.5, 0.6) is 0 Å². The van der Waals surface area contributed by atoms with Gasteiger partial charge in [-0.1, -0.05) is 54.6 Å². The van der Waals surface area contributed by atoms with E-state index in [1.165, 1.54) is 11.1 Å². The Hall–Kier alpha value is -2.35. The van der Waals surface area contributed by atoms with Gasteiger partial charge >= 0.3 is 0 Å². The summed E-state index contributed by atoms with van der Waals surface area (Å²) in [4.78, 5) is 0. The van der Waals surface area contributed by atoms with Gasteiger partial charge in [0.1, 0.15) is 0 Å². The molecule has 2 aromatic carbocycles. The largest absolute Gasteiger partial charge is 0.278 e. The van der Waals surface area contributed by atoms with Crippen molar-refractivity contribution in [1.82, 2.24) is 0 Å². The number of hydrazone groups is 1. The minimum atomic E-state index is 0.946. The maximum Gasteiger partial charge on any atom is 0.0634 e. The molecule has 3 rings (SSSR count). The summed E-state index contributed by atoms with van der Waals surface area (Å²) in [6.07, 6.45) is 6.18. The van der Waals surface area contributed by atoms with Gasteiger partial charge in [-0.05, 0) is 36.1 Å². The van der Waals surface area contributed by atoms with Crippen LogP contribution in [0.1, 0.15) is 17.5 Å². The molecule has 0 spiro atoms. The van der Waals surface area contributed by atoms with Crippen LogP contribution in [-0.4, -0.2) is 5.71 Å². The second-order valence-electron chi connectivity index (χ2n) is 4.62. The molecule has 0 saturated heterocycles. The van der Waals surface area contributed by atoms with Crippen molar-refractivity contribution in [3.63, 3.8) is 0 Å². The van der Waals surface area contributed by atoms with Crippen molar-refractivity contribution < 1.29 is 0 Å². The van der Waals surface area contributed by atoms with Gasteiger partial charge in [0, 0.05) is 0 Å². The molecular weight excluding hydrogens is 232 g/mol. The van der Waals surface area contributed by atoms with Crippen LogP contribution >= 0.6 is 0 Å². The second kappa shape index (κ2) is 5.53. The highest BCUT2D eigenvalue weighted by molar-refractivity contribution is 6.00. The zero-order chi connectivity index (χ0) is 12.9. The Morgan fingerprint density at radius 1 is 0.789 bits per heavy atom. The molecule has 2 nitrogen and oxygen atoms in total. The number of rotatable bonds is 3. The first-order valence-corrected chi connectivity index (χ1v) is 6.55. The van der Waals surface area contributed by atoms with E-state index in [4.69, 9.17) is 0 Å². The molecule has 2 aromatic rings. The van der Waals surface area contributed by atoms with Crippen molar-refractivity contribution >= 4 is 17.5 Å². The van der Waals surface area contributed by atoms with Crippen LogP contribution in [-0.2, 0) is 6.42 Å². The van der Waals surface area contributed by atoms with Gasteiger partial charge in [-0.25, -0.2) is 0 Å². The van der Waals surface area contributed by atoms with Crippen LogP contribution in [0.3, 0.4) is 0 Å². The molecule has 19 heavy (non-hydrogen) atoms. The van der Waals surface area contributed by atoms with Crippen LogP contribution < -0.4 is 5.43 Å². The highest BCUT2D eigenvalue weighted by Crippen LogP contribution is 2.19. The lowest BCUT2D eigenvalue weighted by Gasteiger charge is -2.03. The Morgan fingerprint density at radius 3 is 2.47 bits per heavy atom. The molecule has 1 N–H and O–H groups in total. The van der Waals surface area contributed by atoms with Crippen molar-refractivity contribution in [1.29, 1.82) is 0 Å². The second-order valence-corrected chi connectivity index (χ2v) is 4.62. The zero-order valence-corrected chi connectivity index (χ0v) is 10.7. The predicted octanol–water partition coefficient (Wildman–Crippen LogP) is 4.11. The Balaban J connectivity index is 1.69. The maximum absolute atomic E-state index is 4.46. The number of benzene rings is 2. The average Bonchev–Trinajstić information content (AvgIpc) is 2.69. The molecule has 0 fully saturated rings. The minimum absolute atomic E-state index is 0.946. The molecule has 0 radical (unpaired) electrons. The summed E-state index contributed by atoms with van der Waals surface area (Å²) in [5.74, 6) is 0. The summed E-state index contributed by atoms with van der Waals surface area (Å²) in [5.41, 5.74) is 7.81. The number of hydrogen-bond donors (Lipinski definition) is 1. The average molecular weight is 248 g/mol. The van der Waals surface area contributed by atoms with Crippen LogP contribution in [0.15, 0.2) is 65.8 Å². The van der Waals surface area contributed by atoms with E-state index in [0.29, 0.717) is 0 Å². The van der Waals surface area contributed by atoms with E-state index in [0.717, 1.165) is 24.2 Å². The van der Waals surface area contributed by atoms with Gasteiger partial charge in [0.2, 0.25) is 0 Å². The smallest absolute Gasteiger partial charge is 0.0634 e. The topological polar surface area (TPSA) is 24.4 Å². The fourth-order valence-corrected chi connectivity index (χ4v) is 2.16. The Kier molecular flexibility index (Phi) is 3.41. The fraction of sp³-hybridized carbons (Fsp3) is 0.118. The van der Waals surface area contributed by atoms with Gasteiger partial charge < -0.3 is 0 Å². The van der Waals surface area contributed by atoms with Gasteiger partial charge in [-0.15, -0.1) is 0 Å². The van der Waals surface area contributed by atoms with E-state index in [2.05, 4.69) is 53.0 Å². The van der Waals surface area contributed by atoms with E-state index in [-0.39, 0.29) is 0 Å². The summed E-state index contributed by atoms with van der Waals surface area (Å²) in [6.45, 7) is 0. The first-order chi connectivity index (χ1) is 9.42. The summed E-state index contributed by atoms with van der Waals surface area (Å²) >= 11 is 0. The van der Waals surface area contributed by atoms with E-state index in [9.17, 15) is 0 Å². The molecule has 0 unspecified atom stereocenters. The van der Waals surface area contributed by atoms with E-state index >= 15 is 0 Å². The summed E-state index contributed by atoms with van der Waals surface area (Å²) in [7, 11) is 0. The molecule has 0 atom stereocenters. The lowest BCUT2D eigenvalue weighted by atomic mass is 10.1. The van der Waals surface area contributed by atoms with Crippen LogP contribution in [0, 0.1) is 0 Å². The molecule has 2 heteroatoms. The number of fused-ring (bicyclic) bond motifs is 1. The van der Waals surface area contributed by atoms with E-state index < -0.39 is 0 Å². The molecule has 94 valence electrons. The lowest BCUT2D eigenvalue weighted by molar-refractivity contribution is 1.04. The van der Waals surface area contributed by atoms with Gasteiger partial charge in [0.15, 0.2) is 0 Å². The Morgan fingerprint density at radius 2 is 1.58 bits per heavy atom. The maximum atomic E-state index is 4.46. The molecule has 0 bridgehead atoms. The third kappa shape index (κ3) is 2.91. The minimum Gasteiger partial charge on any atom is -0.278 e. The van der Waals surface area contributed by atoms with Gasteiger partial charge in [-0.3, -0.25) is 5.43 Å². The van der Waals surface area contributed by atoms with Crippen molar-refractivity contribution in [2.24, 2.45) is 5.10 Å². The Bertz CT molecular complexity index is 612. The van der Waals surface area contributed by atoms with Gasteiger partial charge in [0.25, 0.3) is 0 Å². The summed E-state index contributed by atoms with van der Waals surface area (Å²) in [5, 5.41) is 4.46. The molecule has 0 saturated carbocycles. The van der Waals surface area contributed by atoms with Crippen LogP contribution in [0.25, 0.3) is 6.08 Å². The third-order valence-corrected chi connectivity index (χ3v) is 3.25. The van der Waals surface area contributed by atoms with Crippen LogP contribution in [0.4, 0.5) is 5.69 Å². The molecule has 0 aromatic heterocycles. The molecule has 1 aliphatic rings.